The van der Waals surface area contributed by atoms with Gasteiger partial charge in [-0.05, 0) is 73.0 Å². The molecule has 5 aromatic rings. The van der Waals surface area contributed by atoms with Crippen LogP contribution in [0.4, 0.5) is 5.69 Å². The van der Waals surface area contributed by atoms with E-state index in [1.807, 2.05) is 30.3 Å². The highest BCUT2D eigenvalue weighted by molar-refractivity contribution is 5.98. The van der Waals surface area contributed by atoms with E-state index in [-0.39, 0.29) is 12.5 Å². The first-order valence-corrected chi connectivity index (χ1v) is 15.1. The van der Waals surface area contributed by atoms with Crippen LogP contribution in [0, 0.1) is 6.92 Å². The summed E-state index contributed by atoms with van der Waals surface area (Å²) in [6.07, 6.45) is 1.77. The standard InChI is InChI=1S/C37H32N4O6/c1-23-3-8-26(9-4-23)27-12-14-29(15-13-27)36-39-34(40-47-36)28-10-6-25(7-11-28)21-41(22-33(42)43)37(45)30-16-18-31(19-17-30)38-35(44)32-20-5-24(2)46-32/h3-19,32H,20-22H2,1-2H3,(H,38,44)(H,42,43). The number of anilines is 1. The van der Waals surface area contributed by atoms with Gasteiger partial charge in [-0.3, -0.25) is 14.4 Å². The number of carboxylic acids is 1. The van der Waals surface area contributed by atoms with Gasteiger partial charge in [0.05, 0.1) is 5.76 Å². The molecule has 1 atom stereocenters. The molecular weight excluding hydrogens is 596 g/mol. The smallest absolute Gasteiger partial charge is 0.323 e. The SMILES string of the molecule is CC1=CCC(C(=O)Nc2ccc(C(=O)N(CC(=O)O)Cc3ccc(-c4noc(-c5ccc(-c6ccc(C)cc6)cc5)n4)cc3)cc2)O1. The monoisotopic (exact) mass is 628 g/mol. The number of nitrogens with one attached hydrogen (secondary N) is 1. The molecule has 0 bridgehead atoms. The van der Waals surface area contributed by atoms with Crippen LogP contribution in [0.3, 0.4) is 0 Å². The number of aromatic nitrogens is 2. The van der Waals surface area contributed by atoms with Crippen LogP contribution in [0.25, 0.3) is 34.0 Å². The Morgan fingerprint density at radius 3 is 2.06 bits per heavy atom. The van der Waals surface area contributed by atoms with Gasteiger partial charge in [-0.1, -0.05) is 71.4 Å². The molecule has 0 saturated heterocycles. The summed E-state index contributed by atoms with van der Waals surface area (Å²) in [6.45, 7) is 3.44. The number of aliphatic carboxylic acids is 1. The third kappa shape index (κ3) is 7.45. The maximum atomic E-state index is 13.3. The topological polar surface area (TPSA) is 135 Å². The molecule has 0 radical (unpaired) electrons. The quantitative estimate of drug-likeness (QED) is 0.174. The highest BCUT2D eigenvalue weighted by atomic mass is 16.5. The first kappa shape index (κ1) is 31.0. The lowest BCUT2D eigenvalue weighted by Gasteiger charge is -2.21. The maximum Gasteiger partial charge on any atom is 0.323 e. The van der Waals surface area contributed by atoms with Crippen LogP contribution in [0.2, 0.25) is 0 Å². The average Bonchev–Trinajstić information content (AvgIpc) is 3.75. The van der Waals surface area contributed by atoms with Crippen LogP contribution < -0.4 is 5.32 Å². The van der Waals surface area contributed by atoms with Crippen molar-refractivity contribution < 1.29 is 28.8 Å². The third-order valence-electron chi connectivity index (χ3n) is 7.78. The molecule has 0 spiro atoms. The Kier molecular flexibility index (Phi) is 8.92. The van der Waals surface area contributed by atoms with E-state index in [0.29, 0.717) is 40.7 Å². The Morgan fingerprint density at radius 1 is 0.830 bits per heavy atom. The van der Waals surface area contributed by atoms with Crippen LogP contribution in [0.1, 0.15) is 34.8 Å². The zero-order valence-corrected chi connectivity index (χ0v) is 25.8. The molecule has 1 aliphatic rings. The molecule has 2 amide bonds. The van der Waals surface area contributed by atoms with E-state index < -0.39 is 24.5 Å². The minimum absolute atomic E-state index is 0.0695. The molecule has 0 fully saturated rings. The number of benzene rings is 4. The molecule has 1 aliphatic heterocycles. The second kappa shape index (κ2) is 13.5. The Labute approximate surface area is 271 Å². The largest absolute Gasteiger partial charge is 0.485 e. The molecule has 6 rings (SSSR count). The van der Waals surface area contributed by atoms with Gasteiger partial charge in [-0.25, -0.2) is 0 Å². The number of amides is 2. The summed E-state index contributed by atoms with van der Waals surface area (Å²) in [7, 11) is 0. The number of nitrogens with zero attached hydrogens (tertiary/aromatic N) is 3. The molecule has 2 heterocycles. The first-order chi connectivity index (χ1) is 22.7. The van der Waals surface area contributed by atoms with Gasteiger partial charge in [0.25, 0.3) is 17.7 Å². The van der Waals surface area contributed by atoms with Gasteiger partial charge in [0, 0.05) is 35.3 Å². The predicted molar refractivity (Wildman–Crippen MR) is 176 cm³/mol. The van der Waals surface area contributed by atoms with Crippen molar-refractivity contribution in [2.24, 2.45) is 0 Å². The fraction of sp³-hybridized carbons (Fsp3) is 0.162. The Hall–Kier alpha value is -6.03. The van der Waals surface area contributed by atoms with Crippen LogP contribution in [0.5, 0.6) is 0 Å². The van der Waals surface area contributed by atoms with E-state index in [0.717, 1.165) is 22.3 Å². The molecule has 2 N–H and O–H groups in total. The minimum atomic E-state index is -1.13. The van der Waals surface area contributed by atoms with Crippen molar-refractivity contribution >= 4 is 23.5 Å². The van der Waals surface area contributed by atoms with Gasteiger partial charge < -0.3 is 24.6 Å². The summed E-state index contributed by atoms with van der Waals surface area (Å²) < 4.78 is 11.0. The van der Waals surface area contributed by atoms with Crippen LogP contribution >= 0.6 is 0 Å². The number of aryl methyl sites for hydroxylation is 1. The lowest BCUT2D eigenvalue weighted by atomic mass is 10.0. The Balaban J connectivity index is 1.10. The van der Waals surface area contributed by atoms with Crippen molar-refractivity contribution in [3.63, 3.8) is 0 Å². The van der Waals surface area contributed by atoms with Gasteiger partial charge in [0.1, 0.15) is 6.54 Å². The second-order valence-corrected chi connectivity index (χ2v) is 11.3. The third-order valence-corrected chi connectivity index (χ3v) is 7.78. The molecular formula is C37H32N4O6. The van der Waals surface area contributed by atoms with E-state index in [1.54, 1.807) is 55.5 Å². The number of carbonyl (C=O) groups is 3. The number of allylic oxidation sites excluding steroid dienone is 1. The second-order valence-electron chi connectivity index (χ2n) is 11.3. The fourth-order valence-electron chi connectivity index (χ4n) is 5.21. The summed E-state index contributed by atoms with van der Waals surface area (Å²) in [5.41, 5.74) is 6.44. The number of carbonyl (C=O) groups excluding carboxylic acids is 2. The maximum absolute atomic E-state index is 13.3. The number of rotatable bonds is 10. The summed E-state index contributed by atoms with van der Waals surface area (Å²) in [6, 6.07) is 29.7. The van der Waals surface area contributed by atoms with Crippen LogP contribution in [-0.2, 0) is 20.9 Å². The van der Waals surface area contributed by atoms with E-state index >= 15 is 0 Å². The molecule has 1 aromatic heterocycles. The fourth-order valence-corrected chi connectivity index (χ4v) is 5.21. The lowest BCUT2D eigenvalue weighted by Crippen LogP contribution is -2.35. The van der Waals surface area contributed by atoms with Gasteiger partial charge >= 0.3 is 5.97 Å². The Morgan fingerprint density at radius 2 is 1.45 bits per heavy atom. The van der Waals surface area contributed by atoms with Crippen molar-refractivity contribution in [3.8, 4) is 34.0 Å². The van der Waals surface area contributed by atoms with Crippen molar-refractivity contribution in [2.45, 2.75) is 32.9 Å². The molecule has 0 saturated carbocycles. The molecule has 10 heteroatoms. The van der Waals surface area contributed by atoms with Crippen molar-refractivity contribution in [2.75, 3.05) is 11.9 Å². The normalized spacial score (nSPS) is 13.8. The van der Waals surface area contributed by atoms with Gasteiger partial charge in [-0.15, -0.1) is 0 Å². The molecule has 236 valence electrons. The zero-order chi connectivity index (χ0) is 32.9. The highest BCUT2D eigenvalue weighted by Crippen LogP contribution is 2.27. The molecule has 1 unspecified atom stereocenters. The van der Waals surface area contributed by atoms with Crippen LogP contribution in [-0.4, -0.2) is 50.6 Å². The predicted octanol–water partition coefficient (Wildman–Crippen LogP) is 6.74. The summed E-state index contributed by atoms with van der Waals surface area (Å²) in [5, 5.41) is 16.4. The van der Waals surface area contributed by atoms with Gasteiger partial charge in [0.2, 0.25) is 5.82 Å². The number of hydrogen-bond acceptors (Lipinski definition) is 7. The molecule has 4 aromatic carbocycles. The Bertz CT molecular complexity index is 1930. The number of carboxylic acid groups (broad SMARTS) is 1. The summed E-state index contributed by atoms with van der Waals surface area (Å²) in [4.78, 5) is 43.2. The van der Waals surface area contributed by atoms with E-state index in [1.165, 1.54) is 10.5 Å². The van der Waals surface area contributed by atoms with Crippen LogP contribution in [0.15, 0.2) is 113 Å². The van der Waals surface area contributed by atoms with E-state index in [4.69, 9.17) is 9.26 Å². The summed E-state index contributed by atoms with van der Waals surface area (Å²) in [5.74, 6) is -0.361. The molecule has 47 heavy (non-hydrogen) atoms. The van der Waals surface area contributed by atoms with E-state index in [9.17, 15) is 19.5 Å². The zero-order valence-electron chi connectivity index (χ0n) is 25.8. The molecule has 0 aliphatic carbocycles. The highest BCUT2D eigenvalue weighted by Gasteiger charge is 2.24. The summed E-state index contributed by atoms with van der Waals surface area (Å²) >= 11 is 0. The minimum Gasteiger partial charge on any atom is -0.485 e. The van der Waals surface area contributed by atoms with Gasteiger partial charge in [-0.2, -0.15) is 4.98 Å². The number of hydrogen-bond donors (Lipinski definition) is 2. The van der Waals surface area contributed by atoms with Crippen molar-refractivity contribution in [1.29, 1.82) is 0 Å². The number of ether oxygens (including phenoxy) is 1. The lowest BCUT2D eigenvalue weighted by molar-refractivity contribution is -0.137. The first-order valence-electron chi connectivity index (χ1n) is 15.1. The average molecular weight is 629 g/mol. The van der Waals surface area contributed by atoms with E-state index in [2.05, 4.69) is 46.6 Å². The molecule has 10 nitrogen and oxygen atoms in total. The van der Waals surface area contributed by atoms with Crippen molar-refractivity contribution in [1.82, 2.24) is 15.0 Å². The van der Waals surface area contributed by atoms with Crippen molar-refractivity contribution in [3.05, 3.63) is 126 Å². The van der Waals surface area contributed by atoms with Gasteiger partial charge in [0.15, 0.2) is 6.10 Å².